The van der Waals surface area contributed by atoms with Crippen LogP contribution in [0.3, 0.4) is 0 Å². The van der Waals surface area contributed by atoms with Gasteiger partial charge in [-0.15, -0.1) is 12.4 Å². The van der Waals surface area contributed by atoms with Gasteiger partial charge in [-0.2, -0.15) is 0 Å². The zero-order valence-corrected chi connectivity index (χ0v) is 12.5. The first-order chi connectivity index (χ1) is 8.54. The van der Waals surface area contributed by atoms with E-state index in [-0.39, 0.29) is 24.4 Å². The standard InChI is InChI=1S/C14H22N2O2.ClH/c1-4-7-11(15)14(17)16-12-8-5-6-9-13(12)18-10(2)3;/h5-6,8-11H,4,7,15H2,1-3H3,(H,16,17);1H. The molecule has 0 aliphatic rings. The van der Waals surface area contributed by atoms with E-state index in [4.69, 9.17) is 10.5 Å². The fourth-order valence-electron chi connectivity index (χ4n) is 1.59. The molecular formula is C14H23ClN2O2. The van der Waals surface area contributed by atoms with E-state index >= 15 is 0 Å². The fourth-order valence-corrected chi connectivity index (χ4v) is 1.59. The van der Waals surface area contributed by atoms with Crippen molar-refractivity contribution in [2.75, 3.05) is 5.32 Å². The van der Waals surface area contributed by atoms with Gasteiger partial charge in [-0.25, -0.2) is 0 Å². The van der Waals surface area contributed by atoms with Crippen LogP contribution in [0.4, 0.5) is 5.69 Å². The minimum atomic E-state index is -0.470. The monoisotopic (exact) mass is 286 g/mol. The number of rotatable bonds is 6. The molecule has 5 heteroatoms. The van der Waals surface area contributed by atoms with E-state index in [9.17, 15) is 4.79 Å². The van der Waals surface area contributed by atoms with E-state index in [0.717, 1.165) is 6.42 Å². The second-order valence-electron chi connectivity index (χ2n) is 4.55. The molecule has 0 bridgehead atoms. The number of amides is 1. The molecule has 0 radical (unpaired) electrons. The summed E-state index contributed by atoms with van der Waals surface area (Å²) >= 11 is 0. The number of para-hydroxylation sites is 2. The number of hydrogen-bond donors (Lipinski definition) is 2. The lowest BCUT2D eigenvalue weighted by Gasteiger charge is -2.16. The first-order valence-corrected chi connectivity index (χ1v) is 6.36. The first-order valence-electron chi connectivity index (χ1n) is 6.36. The van der Waals surface area contributed by atoms with Gasteiger partial charge in [0.05, 0.1) is 17.8 Å². The summed E-state index contributed by atoms with van der Waals surface area (Å²) in [5, 5.41) is 2.81. The Bertz CT molecular complexity index is 397. The second-order valence-corrected chi connectivity index (χ2v) is 4.55. The van der Waals surface area contributed by atoms with E-state index < -0.39 is 6.04 Å². The van der Waals surface area contributed by atoms with Crippen LogP contribution >= 0.6 is 12.4 Å². The van der Waals surface area contributed by atoms with Gasteiger partial charge in [0.25, 0.3) is 0 Å². The Morgan fingerprint density at radius 1 is 1.37 bits per heavy atom. The predicted octanol–water partition coefficient (Wildman–Crippen LogP) is 2.96. The molecule has 4 nitrogen and oxygen atoms in total. The third-order valence-corrected chi connectivity index (χ3v) is 2.44. The molecular weight excluding hydrogens is 264 g/mol. The maximum Gasteiger partial charge on any atom is 0.241 e. The molecule has 1 aromatic carbocycles. The van der Waals surface area contributed by atoms with E-state index in [1.54, 1.807) is 0 Å². The zero-order valence-electron chi connectivity index (χ0n) is 11.7. The van der Waals surface area contributed by atoms with Crippen molar-refractivity contribution in [3.8, 4) is 5.75 Å². The summed E-state index contributed by atoms with van der Waals surface area (Å²) in [4.78, 5) is 11.8. The molecule has 0 heterocycles. The molecule has 0 aromatic heterocycles. The Hall–Kier alpha value is -1.26. The lowest BCUT2D eigenvalue weighted by molar-refractivity contribution is -0.117. The average Bonchev–Trinajstić information content (AvgIpc) is 2.31. The van der Waals surface area contributed by atoms with Crippen LogP contribution in [0, 0.1) is 0 Å². The Morgan fingerprint density at radius 2 is 2.00 bits per heavy atom. The Balaban J connectivity index is 0.00000324. The number of hydrogen-bond acceptors (Lipinski definition) is 3. The van der Waals surface area contributed by atoms with Gasteiger partial charge in [0, 0.05) is 0 Å². The summed E-state index contributed by atoms with van der Waals surface area (Å²) in [7, 11) is 0. The minimum Gasteiger partial charge on any atom is -0.489 e. The van der Waals surface area contributed by atoms with Crippen LogP contribution in [0.25, 0.3) is 0 Å². The summed E-state index contributed by atoms with van der Waals surface area (Å²) in [5.74, 6) is 0.501. The zero-order chi connectivity index (χ0) is 13.5. The fraction of sp³-hybridized carbons (Fsp3) is 0.500. The van der Waals surface area contributed by atoms with Crippen LogP contribution in [0.15, 0.2) is 24.3 Å². The highest BCUT2D eigenvalue weighted by Crippen LogP contribution is 2.24. The summed E-state index contributed by atoms with van der Waals surface area (Å²) in [6.07, 6.45) is 1.63. The van der Waals surface area contributed by atoms with Crippen LogP contribution in [0.1, 0.15) is 33.6 Å². The number of carbonyl (C=O) groups is 1. The topological polar surface area (TPSA) is 64.4 Å². The van der Waals surface area contributed by atoms with Crippen molar-refractivity contribution in [3.05, 3.63) is 24.3 Å². The van der Waals surface area contributed by atoms with Crippen molar-refractivity contribution in [1.82, 2.24) is 0 Å². The normalized spacial score (nSPS) is 11.6. The van der Waals surface area contributed by atoms with Crippen molar-refractivity contribution in [2.24, 2.45) is 5.73 Å². The van der Waals surface area contributed by atoms with Gasteiger partial charge in [-0.05, 0) is 32.4 Å². The summed E-state index contributed by atoms with van der Waals surface area (Å²) < 4.78 is 5.63. The number of benzene rings is 1. The molecule has 108 valence electrons. The summed E-state index contributed by atoms with van der Waals surface area (Å²) in [6.45, 7) is 5.89. The molecule has 3 N–H and O–H groups in total. The summed E-state index contributed by atoms with van der Waals surface area (Å²) in [5.41, 5.74) is 6.44. The second kappa shape index (κ2) is 8.77. The Labute approximate surface area is 121 Å². The van der Waals surface area contributed by atoms with Crippen molar-refractivity contribution in [3.63, 3.8) is 0 Å². The minimum absolute atomic E-state index is 0. The van der Waals surface area contributed by atoms with Gasteiger partial charge in [0.2, 0.25) is 5.91 Å². The van der Waals surface area contributed by atoms with Gasteiger partial charge in [-0.1, -0.05) is 25.5 Å². The van der Waals surface area contributed by atoms with E-state index in [2.05, 4.69) is 5.32 Å². The van der Waals surface area contributed by atoms with E-state index in [1.807, 2.05) is 45.0 Å². The Morgan fingerprint density at radius 3 is 2.58 bits per heavy atom. The maximum absolute atomic E-state index is 11.8. The molecule has 1 amide bonds. The SMILES string of the molecule is CCCC(N)C(=O)Nc1ccccc1OC(C)C.Cl. The van der Waals surface area contributed by atoms with Crippen molar-refractivity contribution in [1.29, 1.82) is 0 Å². The van der Waals surface area contributed by atoms with Gasteiger partial charge in [0.1, 0.15) is 5.75 Å². The van der Waals surface area contributed by atoms with Gasteiger partial charge < -0.3 is 15.8 Å². The molecule has 0 fully saturated rings. The third-order valence-electron chi connectivity index (χ3n) is 2.44. The maximum atomic E-state index is 11.8. The molecule has 1 unspecified atom stereocenters. The van der Waals surface area contributed by atoms with Crippen LogP contribution in [0.5, 0.6) is 5.75 Å². The highest BCUT2D eigenvalue weighted by molar-refractivity contribution is 5.95. The number of carbonyl (C=O) groups excluding carboxylic acids is 1. The molecule has 0 saturated carbocycles. The summed E-state index contributed by atoms with van der Waals surface area (Å²) in [6, 6.07) is 6.91. The van der Waals surface area contributed by atoms with Crippen molar-refractivity contribution < 1.29 is 9.53 Å². The highest BCUT2D eigenvalue weighted by atomic mass is 35.5. The number of anilines is 1. The number of nitrogens with two attached hydrogens (primary N) is 1. The quantitative estimate of drug-likeness (QED) is 0.845. The van der Waals surface area contributed by atoms with Crippen LogP contribution in [-0.4, -0.2) is 18.1 Å². The molecule has 0 aliphatic heterocycles. The number of nitrogens with one attached hydrogen (secondary N) is 1. The van der Waals surface area contributed by atoms with Gasteiger partial charge >= 0.3 is 0 Å². The van der Waals surface area contributed by atoms with E-state index in [1.165, 1.54) is 0 Å². The molecule has 1 rings (SSSR count). The van der Waals surface area contributed by atoms with E-state index in [0.29, 0.717) is 17.9 Å². The van der Waals surface area contributed by atoms with Crippen molar-refractivity contribution in [2.45, 2.75) is 45.8 Å². The van der Waals surface area contributed by atoms with Crippen LogP contribution in [0.2, 0.25) is 0 Å². The molecule has 0 aliphatic carbocycles. The smallest absolute Gasteiger partial charge is 0.241 e. The third kappa shape index (κ3) is 5.94. The van der Waals surface area contributed by atoms with Crippen LogP contribution in [-0.2, 0) is 4.79 Å². The first kappa shape index (κ1) is 17.7. The average molecular weight is 287 g/mol. The highest BCUT2D eigenvalue weighted by Gasteiger charge is 2.14. The lowest BCUT2D eigenvalue weighted by atomic mass is 10.1. The molecule has 0 spiro atoms. The largest absolute Gasteiger partial charge is 0.489 e. The molecule has 1 atom stereocenters. The Kier molecular flexibility index (Phi) is 8.19. The molecule has 1 aromatic rings. The van der Waals surface area contributed by atoms with Crippen LogP contribution < -0.4 is 15.8 Å². The van der Waals surface area contributed by atoms with Gasteiger partial charge in [-0.3, -0.25) is 4.79 Å². The molecule has 19 heavy (non-hydrogen) atoms. The lowest BCUT2D eigenvalue weighted by Crippen LogP contribution is -2.35. The number of halogens is 1. The van der Waals surface area contributed by atoms with Gasteiger partial charge in [0.15, 0.2) is 0 Å². The molecule has 0 saturated heterocycles. The number of ether oxygens (including phenoxy) is 1. The predicted molar refractivity (Wildman–Crippen MR) is 81.0 cm³/mol. The van der Waals surface area contributed by atoms with Crippen molar-refractivity contribution >= 4 is 24.0 Å².